The number of hydrogen-bond donors (Lipinski definition) is 1. The van der Waals surface area contributed by atoms with Gasteiger partial charge >= 0.3 is 0 Å². The fourth-order valence-corrected chi connectivity index (χ4v) is 1.67. The predicted octanol–water partition coefficient (Wildman–Crippen LogP) is 3.41. The molecule has 0 aliphatic carbocycles. The average molecular weight is 235 g/mol. The van der Waals surface area contributed by atoms with Crippen molar-refractivity contribution in [3.63, 3.8) is 0 Å². The van der Waals surface area contributed by atoms with E-state index in [1.54, 1.807) is 0 Å². The van der Waals surface area contributed by atoms with Crippen LogP contribution in [0.1, 0.15) is 39.2 Å². The summed E-state index contributed by atoms with van der Waals surface area (Å²) in [7, 11) is 0. The zero-order valence-electron chi connectivity index (χ0n) is 11.3. The van der Waals surface area contributed by atoms with Gasteiger partial charge in [0.2, 0.25) is 0 Å². The molecule has 1 atom stereocenters. The molecule has 0 bridgehead atoms. The van der Waals surface area contributed by atoms with Gasteiger partial charge in [-0.3, -0.25) is 0 Å². The molecular formula is C15H25NO. The maximum absolute atomic E-state index is 5.72. The quantitative estimate of drug-likeness (QED) is 0.745. The molecule has 0 aromatic heterocycles. The van der Waals surface area contributed by atoms with Gasteiger partial charge in [0.05, 0.1) is 6.61 Å². The molecule has 0 aliphatic heterocycles. The van der Waals surface area contributed by atoms with Crippen LogP contribution in [0.3, 0.4) is 0 Å². The van der Waals surface area contributed by atoms with E-state index in [0.717, 1.165) is 31.7 Å². The molecule has 0 saturated heterocycles. The first-order valence-corrected chi connectivity index (χ1v) is 6.71. The Hall–Kier alpha value is -1.02. The Morgan fingerprint density at radius 1 is 1.18 bits per heavy atom. The summed E-state index contributed by atoms with van der Waals surface area (Å²) in [6.07, 6.45) is 3.32. The molecule has 1 aromatic rings. The van der Waals surface area contributed by atoms with Crippen LogP contribution in [0.2, 0.25) is 0 Å². The van der Waals surface area contributed by atoms with E-state index in [4.69, 9.17) is 4.74 Å². The van der Waals surface area contributed by atoms with Crippen molar-refractivity contribution in [2.75, 3.05) is 13.2 Å². The molecule has 0 radical (unpaired) electrons. The lowest BCUT2D eigenvalue weighted by Gasteiger charge is -2.13. The summed E-state index contributed by atoms with van der Waals surface area (Å²) >= 11 is 0. The van der Waals surface area contributed by atoms with Crippen LogP contribution in [0, 0.1) is 0 Å². The number of aryl methyl sites for hydroxylation is 1. The maximum Gasteiger partial charge on any atom is 0.119 e. The van der Waals surface area contributed by atoms with Crippen LogP contribution >= 0.6 is 0 Å². The molecule has 0 aliphatic rings. The number of hydrogen-bond acceptors (Lipinski definition) is 2. The van der Waals surface area contributed by atoms with Gasteiger partial charge in [-0.1, -0.05) is 26.0 Å². The molecule has 0 heterocycles. The lowest BCUT2D eigenvalue weighted by Crippen LogP contribution is -2.28. The van der Waals surface area contributed by atoms with Crippen molar-refractivity contribution in [2.45, 2.75) is 46.1 Å². The molecule has 17 heavy (non-hydrogen) atoms. The first-order valence-electron chi connectivity index (χ1n) is 6.71. The first kappa shape index (κ1) is 14.0. The van der Waals surface area contributed by atoms with E-state index < -0.39 is 0 Å². The standard InChI is InChI=1S/C15H25NO/c1-4-11-16-13(3)10-12-17-15-8-6-14(5-2)7-9-15/h6-9,13,16H,4-5,10-12H2,1-3H3. The van der Waals surface area contributed by atoms with E-state index in [-0.39, 0.29) is 0 Å². The van der Waals surface area contributed by atoms with E-state index in [0.29, 0.717) is 6.04 Å². The van der Waals surface area contributed by atoms with Gasteiger partial charge in [0.15, 0.2) is 0 Å². The van der Waals surface area contributed by atoms with E-state index in [2.05, 4.69) is 50.4 Å². The number of benzene rings is 1. The molecule has 96 valence electrons. The minimum absolute atomic E-state index is 0.532. The number of nitrogens with one attached hydrogen (secondary N) is 1. The molecule has 0 spiro atoms. The molecule has 1 rings (SSSR count). The van der Waals surface area contributed by atoms with E-state index in [1.807, 2.05) is 0 Å². The summed E-state index contributed by atoms with van der Waals surface area (Å²) in [5.41, 5.74) is 1.36. The third-order valence-corrected chi connectivity index (χ3v) is 2.89. The van der Waals surface area contributed by atoms with Crippen LogP contribution in [0.4, 0.5) is 0 Å². The van der Waals surface area contributed by atoms with Crippen molar-refractivity contribution in [2.24, 2.45) is 0 Å². The third-order valence-electron chi connectivity index (χ3n) is 2.89. The van der Waals surface area contributed by atoms with Crippen LogP contribution in [0.15, 0.2) is 24.3 Å². The molecule has 0 saturated carbocycles. The van der Waals surface area contributed by atoms with Gasteiger partial charge < -0.3 is 10.1 Å². The van der Waals surface area contributed by atoms with E-state index >= 15 is 0 Å². The number of rotatable bonds is 8. The molecule has 1 unspecified atom stereocenters. The number of ether oxygens (including phenoxy) is 1. The van der Waals surface area contributed by atoms with Crippen LogP contribution in [0.5, 0.6) is 5.75 Å². The topological polar surface area (TPSA) is 21.3 Å². The molecule has 2 nitrogen and oxygen atoms in total. The fourth-order valence-electron chi connectivity index (χ4n) is 1.67. The Balaban J connectivity index is 2.21. The molecule has 0 fully saturated rings. The zero-order chi connectivity index (χ0) is 12.5. The highest BCUT2D eigenvalue weighted by Gasteiger charge is 2.00. The van der Waals surface area contributed by atoms with Crippen LogP contribution in [-0.4, -0.2) is 19.2 Å². The molecule has 0 amide bonds. The summed E-state index contributed by atoms with van der Waals surface area (Å²) in [6, 6.07) is 8.92. The SMILES string of the molecule is CCCNC(C)CCOc1ccc(CC)cc1. The van der Waals surface area contributed by atoms with E-state index in [1.165, 1.54) is 12.0 Å². The molecular weight excluding hydrogens is 210 g/mol. The second-order valence-electron chi connectivity index (χ2n) is 4.49. The monoisotopic (exact) mass is 235 g/mol. The Morgan fingerprint density at radius 2 is 1.88 bits per heavy atom. The second-order valence-corrected chi connectivity index (χ2v) is 4.49. The maximum atomic E-state index is 5.72. The van der Waals surface area contributed by atoms with E-state index in [9.17, 15) is 0 Å². The van der Waals surface area contributed by atoms with Crippen LogP contribution in [0.25, 0.3) is 0 Å². The van der Waals surface area contributed by atoms with Crippen molar-refractivity contribution < 1.29 is 4.74 Å². The Labute approximate surface area is 105 Å². The highest BCUT2D eigenvalue weighted by Crippen LogP contribution is 2.12. The van der Waals surface area contributed by atoms with Gasteiger partial charge in [-0.05, 0) is 50.4 Å². The average Bonchev–Trinajstić information content (AvgIpc) is 2.37. The van der Waals surface area contributed by atoms with Crippen molar-refractivity contribution in [1.29, 1.82) is 0 Å². The summed E-state index contributed by atoms with van der Waals surface area (Å²) in [4.78, 5) is 0. The van der Waals surface area contributed by atoms with Gasteiger partial charge in [-0.2, -0.15) is 0 Å². The van der Waals surface area contributed by atoms with Crippen molar-refractivity contribution in [1.82, 2.24) is 5.32 Å². The highest BCUT2D eigenvalue weighted by atomic mass is 16.5. The van der Waals surface area contributed by atoms with Gasteiger partial charge in [-0.25, -0.2) is 0 Å². The van der Waals surface area contributed by atoms with Gasteiger partial charge in [-0.15, -0.1) is 0 Å². The highest BCUT2D eigenvalue weighted by molar-refractivity contribution is 5.27. The summed E-state index contributed by atoms with van der Waals surface area (Å²) < 4.78 is 5.72. The molecule has 1 N–H and O–H groups in total. The van der Waals surface area contributed by atoms with Gasteiger partial charge in [0, 0.05) is 6.04 Å². The largest absolute Gasteiger partial charge is 0.494 e. The predicted molar refractivity (Wildman–Crippen MR) is 73.7 cm³/mol. The summed E-state index contributed by atoms with van der Waals surface area (Å²) in [6.45, 7) is 8.43. The van der Waals surface area contributed by atoms with Crippen molar-refractivity contribution in [3.8, 4) is 5.75 Å². The zero-order valence-corrected chi connectivity index (χ0v) is 11.3. The van der Waals surface area contributed by atoms with Crippen LogP contribution < -0.4 is 10.1 Å². The second kappa shape index (κ2) is 8.13. The van der Waals surface area contributed by atoms with Crippen molar-refractivity contribution in [3.05, 3.63) is 29.8 Å². The Morgan fingerprint density at radius 3 is 2.47 bits per heavy atom. The van der Waals surface area contributed by atoms with Gasteiger partial charge in [0.25, 0.3) is 0 Å². The van der Waals surface area contributed by atoms with Gasteiger partial charge in [0.1, 0.15) is 5.75 Å². The third kappa shape index (κ3) is 5.73. The Bertz CT molecular complexity index is 294. The minimum atomic E-state index is 0.532. The summed E-state index contributed by atoms with van der Waals surface area (Å²) in [5.74, 6) is 0.977. The normalized spacial score (nSPS) is 12.4. The molecule has 2 heteroatoms. The lowest BCUT2D eigenvalue weighted by molar-refractivity contribution is 0.290. The Kier molecular flexibility index (Phi) is 6.71. The first-order chi connectivity index (χ1) is 8.26. The minimum Gasteiger partial charge on any atom is -0.494 e. The lowest BCUT2D eigenvalue weighted by atomic mass is 10.2. The smallest absolute Gasteiger partial charge is 0.119 e. The fraction of sp³-hybridized carbons (Fsp3) is 0.600. The van der Waals surface area contributed by atoms with Crippen molar-refractivity contribution >= 4 is 0 Å². The van der Waals surface area contributed by atoms with Crippen LogP contribution in [-0.2, 0) is 6.42 Å². The molecule has 1 aromatic carbocycles. The summed E-state index contributed by atoms with van der Waals surface area (Å²) in [5, 5.41) is 3.46.